The van der Waals surface area contributed by atoms with E-state index in [4.69, 9.17) is 23.5 Å². The van der Waals surface area contributed by atoms with Gasteiger partial charge in [0, 0.05) is 59.7 Å². The average molecular weight is 1030 g/mol. The molecule has 30 heteroatoms. The first-order chi connectivity index (χ1) is 33.8. The molecule has 0 spiro atoms. The van der Waals surface area contributed by atoms with Crippen LogP contribution in [0.1, 0.15) is 67.6 Å². The van der Waals surface area contributed by atoms with Gasteiger partial charge in [0.05, 0.1) is 52.0 Å². The predicted molar refractivity (Wildman–Crippen MR) is 239 cm³/mol. The standard InChI is InChI=1S/C41H61N10O19P/c1-23-12-50(37-33(58)31(56)29(54)27(16-52)69-37)39(62)48(35(23)60)10-6-4-8-46-14-25(42-44-46)18-66-20-41(3,22-68-71(64)65)21-67-19-26-15-47(45-43-26)9-5-7-11-49-36(61)24(2)13-51(40(49)63)38-34(59)32(57)30(55)28(17-53)70-38/h12-15,27-34,37-38,52-59H,4-11,16-22H2,1-3H3/p+1/t27?,28?,29-,30-,31?,32?,33-,34-,37+,38+,41?/m0/s1. The highest BCUT2D eigenvalue weighted by atomic mass is 31.1. The van der Waals surface area contributed by atoms with Crippen LogP contribution in [0.15, 0.2) is 44.0 Å². The fourth-order valence-corrected chi connectivity index (χ4v) is 8.58. The molecule has 0 bridgehead atoms. The van der Waals surface area contributed by atoms with Crippen LogP contribution in [0.4, 0.5) is 0 Å². The monoisotopic (exact) mass is 1030 g/mol. The third-order valence-corrected chi connectivity index (χ3v) is 12.5. The molecule has 11 atom stereocenters. The number of aliphatic hydroxyl groups excluding tert-OH is 8. The maximum absolute atomic E-state index is 13.4. The second-order valence-corrected chi connectivity index (χ2v) is 18.8. The van der Waals surface area contributed by atoms with Crippen molar-refractivity contribution >= 4 is 8.25 Å². The van der Waals surface area contributed by atoms with Crippen LogP contribution in [0.2, 0.25) is 0 Å². The molecule has 2 aliphatic heterocycles. The quantitative estimate of drug-likeness (QED) is 0.0223. The number of aromatic nitrogens is 10. The fourth-order valence-electron chi connectivity index (χ4n) is 8.15. The molecule has 0 amide bonds. The van der Waals surface area contributed by atoms with Crippen LogP contribution in [0, 0.1) is 19.3 Å². The number of unbranched alkanes of at least 4 members (excludes halogenated alkanes) is 2. The van der Waals surface area contributed by atoms with Crippen LogP contribution in [0.3, 0.4) is 0 Å². The third-order valence-electron chi connectivity index (χ3n) is 12.2. The molecule has 394 valence electrons. The molecule has 9 N–H and O–H groups in total. The number of aliphatic hydroxyl groups is 8. The molecule has 6 rings (SSSR count). The summed E-state index contributed by atoms with van der Waals surface area (Å²) >= 11 is 0. The molecular weight excluding hydrogens is 967 g/mol. The van der Waals surface area contributed by atoms with Crippen molar-refractivity contribution in [3.05, 3.63) is 89.0 Å². The molecule has 4 aromatic heterocycles. The van der Waals surface area contributed by atoms with E-state index in [1.165, 1.54) is 26.2 Å². The van der Waals surface area contributed by atoms with Crippen LogP contribution in [0.25, 0.3) is 0 Å². The van der Waals surface area contributed by atoms with Crippen molar-refractivity contribution in [1.82, 2.24) is 48.3 Å². The predicted octanol–water partition coefficient (Wildman–Crippen LogP) is -4.56. The minimum Gasteiger partial charge on any atom is -0.394 e. The summed E-state index contributed by atoms with van der Waals surface area (Å²) in [5.74, 6) is 0. The summed E-state index contributed by atoms with van der Waals surface area (Å²) < 4.78 is 46.3. The summed E-state index contributed by atoms with van der Waals surface area (Å²) in [6.45, 7) is 3.86. The molecule has 2 fully saturated rings. The lowest BCUT2D eigenvalue weighted by atomic mass is 9.94. The van der Waals surface area contributed by atoms with E-state index in [0.717, 1.165) is 18.3 Å². The van der Waals surface area contributed by atoms with E-state index < -0.39 is 111 Å². The molecule has 6 heterocycles. The van der Waals surface area contributed by atoms with Crippen molar-refractivity contribution in [1.29, 1.82) is 0 Å². The Morgan fingerprint density at radius 2 is 1.00 bits per heavy atom. The van der Waals surface area contributed by atoms with Gasteiger partial charge in [0.1, 0.15) is 66.8 Å². The van der Waals surface area contributed by atoms with Gasteiger partial charge in [-0.15, -0.1) is 19.6 Å². The van der Waals surface area contributed by atoms with Crippen LogP contribution in [0.5, 0.6) is 0 Å². The van der Waals surface area contributed by atoms with E-state index in [-0.39, 0.29) is 57.3 Å². The SMILES string of the molecule is Cc1cn([C@@H]2OC(CO)[C@H](O)C(O)[C@@H]2O)c(=O)n(CCCCn2cc(COCC(C)(COCc3cn(CCCCn4c(=O)c(C)cn([C@@H]5OC(CO)[C@H](O)C(O)[C@@H]5O)c4=O)nn3)CO[P+](=O)O)nn2)c1=O. The number of hydrogen-bond donors (Lipinski definition) is 9. The minimum absolute atomic E-state index is 0.00430. The molecule has 29 nitrogen and oxygen atoms in total. The fraction of sp³-hybridized carbons (Fsp3) is 0.707. The number of ether oxygens (including phenoxy) is 4. The molecule has 2 saturated heterocycles. The summed E-state index contributed by atoms with van der Waals surface area (Å²) in [4.78, 5) is 62.0. The zero-order chi connectivity index (χ0) is 51.7. The molecule has 2 aliphatic rings. The molecular formula is C41H62N10O19P+. The molecule has 5 unspecified atom stereocenters. The first-order valence-electron chi connectivity index (χ1n) is 22.8. The molecule has 71 heavy (non-hydrogen) atoms. The Labute approximate surface area is 404 Å². The second kappa shape index (κ2) is 24.7. The highest BCUT2D eigenvalue weighted by molar-refractivity contribution is 7.32. The first-order valence-corrected chi connectivity index (χ1v) is 23.9. The van der Waals surface area contributed by atoms with Gasteiger partial charge in [-0.3, -0.25) is 37.2 Å². The van der Waals surface area contributed by atoms with Crippen molar-refractivity contribution in [2.75, 3.05) is 33.0 Å². The highest BCUT2D eigenvalue weighted by Gasteiger charge is 2.46. The van der Waals surface area contributed by atoms with Gasteiger partial charge in [-0.25, -0.2) is 9.59 Å². The third kappa shape index (κ3) is 13.4. The van der Waals surface area contributed by atoms with E-state index >= 15 is 0 Å². The molecule has 0 aliphatic carbocycles. The molecule has 0 saturated carbocycles. The van der Waals surface area contributed by atoms with Crippen molar-refractivity contribution in [2.24, 2.45) is 5.41 Å². The lowest BCUT2D eigenvalue weighted by Gasteiger charge is -2.40. The van der Waals surface area contributed by atoms with Crippen LogP contribution < -0.4 is 22.5 Å². The maximum Gasteiger partial charge on any atom is 0.694 e. The van der Waals surface area contributed by atoms with E-state index in [1.807, 2.05) is 0 Å². The lowest BCUT2D eigenvalue weighted by molar-refractivity contribution is -0.252. The zero-order valence-corrected chi connectivity index (χ0v) is 40.1. The van der Waals surface area contributed by atoms with E-state index in [1.54, 1.807) is 28.7 Å². The summed E-state index contributed by atoms with van der Waals surface area (Å²) in [5, 5.41) is 97.5. The summed E-state index contributed by atoms with van der Waals surface area (Å²) in [5.41, 5.74) is -2.41. The first kappa shape index (κ1) is 55.5. The normalized spacial score (nSPS) is 25.9. The Hall–Kier alpha value is -4.82. The van der Waals surface area contributed by atoms with Gasteiger partial charge in [0.25, 0.3) is 11.1 Å². The number of aryl methyl sites for hydroxylation is 4. The largest absolute Gasteiger partial charge is 0.694 e. The van der Waals surface area contributed by atoms with Crippen molar-refractivity contribution in [3.63, 3.8) is 0 Å². The minimum atomic E-state index is -2.93. The summed E-state index contributed by atoms with van der Waals surface area (Å²) in [6.07, 6.45) is -8.27. The maximum atomic E-state index is 13.4. The van der Waals surface area contributed by atoms with Gasteiger partial charge in [-0.05, 0) is 39.5 Å². The number of nitrogens with zero attached hydrogens (tertiary/aromatic N) is 10. The van der Waals surface area contributed by atoms with E-state index in [0.29, 0.717) is 50.2 Å². The zero-order valence-electron chi connectivity index (χ0n) is 39.2. The summed E-state index contributed by atoms with van der Waals surface area (Å²) in [6, 6.07) is 0. The highest BCUT2D eigenvalue weighted by Crippen LogP contribution is 2.29. The van der Waals surface area contributed by atoms with Crippen molar-refractivity contribution in [2.45, 2.75) is 147 Å². The van der Waals surface area contributed by atoms with E-state index in [9.17, 15) is 69.5 Å². The smallest absolute Gasteiger partial charge is 0.394 e. The van der Waals surface area contributed by atoms with Crippen molar-refractivity contribution < 1.29 is 73.8 Å². The van der Waals surface area contributed by atoms with Gasteiger partial charge in [0.2, 0.25) is 0 Å². The van der Waals surface area contributed by atoms with E-state index in [2.05, 4.69) is 20.6 Å². The van der Waals surface area contributed by atoms with Gasteiger partial charge >= 0.3 is 19.6 Å². The Morgan fingerprint density at radius 1 is 0.606 bits per heavy atom. The van der Waals surface area contributed by atoms with Gasteiger partial charge in [0.15, 0.2) is 12.5 Å². The number of rotatable bonds is 25. The number of hydrogen-bond acceptors (Lipinski definition) is 22. The molecule has 0 radical (unpaired) electrons. The molecule has 0 aromatic carbocycles. The summed E-state index contributed by atoms with van der Waals surface area (Å²) in [7, 11) is -2.93. The Bertz CT molecular complexity index is 2480. The Balaban J connectivity index is 0.944. The average Bonchev–Trinajstić information content (AvgIpc) is 4.01. The van der Waals surface area contributed by atoms with Crippen LogP contribution >= 0.6 is 8.25 Å². The van der Waals surface area contributed by atoms with Gasteiger partial charge in [-0.1, -0.05) is 17.4 Å². The Kier molecular flexibility index (Phi) is 19.3. The molecule has 4 aromatic rings. The second-order valence-electron chi connectivity index (χ2n) is 18.0. The van der Waals surface area contributed by atoms with Crippen LogP contribution in [-0.2, 0) is 67.4 Å². The van der Waals surface area contributed by atoms with Crippen LogP contribution in [-0.4, -0.2) is 176 Å². The Morgan fingerprint density at radius 3 is 1.38 bits per heavy atom. The van der Waals surface area contributed by atoms with Gasteiger partial charge in [-0.2, -0.15) is 0 Å². The topological polar surface area (TPSA) is 395 Å². The van der Waals surface area contributed by atoms with Crippen molar-refractivity contribution in [3.8, 4) is 0 Å². The lowest BCUT2D eigenvalue weighted by Crippen LogP contribution is -2.58. The van der Waals surface area contributed by atoms with Gasteiger partial charge < -0.3 is 59.8 Å².